The van der Waals surface area contributed by atoms with Crippen LogP contribution < -0.4 is 0 Å². The fraction of sp³-hybridized carbons (Fsp3) is 0.333. The number of aromatic nitrogens is 1. The first-order valence-electron chi connectivity index (χ1n) is 6.47. The lowest BCUT2D eigenvalue weighted by atomic mass is 10.1. The Labute approximate surface area is 125 Å². The van der Waals surface area contributed by atoms with E-state index in [4.69, 9.17) is 4.74 Å². The van der Waals surface area contributed by atoms with Crippen molar-refractivity contribution in [1.29, 1.82) is 0 Å². The van der Waals surface area contributed by atoms with E-state index in [9.17, 15) is 9.59 Å². The molecule has 4 nitrogen and oxygen atoms in total. The first-order chi connectivity index (χ1) is 9.54. The molecule has 20 heavy (non-hydrogen) atoms. The van der Waals surface area contributed by atoms with Crippen molar-refractivity contribution in [3.05, 3.63) is 34.4 Å². The van der Waals surface area contributed by atoms with E-state index in [1.165, 1.54) is 0 Å². The van der Waals surface area contributed by atoms with Gasteiger partial charge in [-0.1, -0.05) is 12.1 Å². The summed E-state index contributed by atoms with van der Waals surface area (Å²) in [6.45, 7) is 2.09. The predicted octanol–water partition coefficient (Wildman–Crippen LogP) is 3.47. The number of ether oxygens (including phenoxy) is 1. The van der Waals surface area contributed by atoms with Gasteiger partial charge in [0.15, 0.2) is 5.78 Å². The number of carbonyl (C=O) groups is 2. The molecule has 0 aliphatic rings. The molecule has 1 aromatic heterocycles. The molecular weight excluding hydrogens is 322 g/mol. The third kappa shape index (κ3) is 2.93. The molecule has 0 aliphatic carbocycles. The van der Waals surface area contributed by atoms with Gasteiger partial charge < -0.3 is 9.30 Å². The van der Waals surface area contributed by atoms with Crippen LogP contribution in [0.4, 0.5) is 0 Å². The van der Waals surface area contributed by atoms with Gasteiger partial charge in [-0.2, -0.15) is 0 Å². The van der Waals surface area contributed by atoms with Crippen molar-refractivity contribution < 1.29 is 14.3 Å². The SMILES string of the molecule is CCOC(=O)CCC(=O)c1cn(C)c2c(Br)cccc12. The van der Waals surface area contributed by atoms with E-state index in [1.807, 2.05) is 36.0 Å². The summed E-state index contributed by atoms with van der Waals surface area (Å²) in [7, 11) is 1.90. The Morgan fingerprint density at radius 2 is 2.05 bits per heavy atom. The van der Waals surface area contributed by atoms with E-state index in [0.717, 1.165) is 15.4 Å². The number of para-hydroxylation sites is 1. The van der Waals surface area contributed by atoms with Crippen LogP contribution in [0.5, 0.6) is 0 Å². The summed E-state index contributed by atoms with van der Waals surface area (Å²) in [6.07, 6.45) is 2.10. The Kier molecular flexibility index (Phi) is 4.60. The summed E-state index contributed by atoms with van der Waals surface area (Å²) in [6, 6.07) is 5.75. The van der Waals surface area contributed by atoms with Crippen LogP contribution in [-0.2, 0) is 16.6 Å². The van der Waals surface area contributed by atoms with E-state index in [-0.39, 0.29) is 24.6 Å². The molecule has 2 rings (SSSR count). The van der Waals surface area contributed by atoms with Gasteiger partial charge in [-0.15, -0.1) is 0 Å². The zero-order valence-corrected chi connectivity index (χ0v) is 13.1. The second-order valence-electron chi connectivity index (χ2n) is 4.52. The molecule has 0 aliphatic heterocycles. The van der Waals surface area contributed by atoms with Crippen molar-refractivity contribution in [3.8, 4) is 0 Å². The number of esters is 1. The number of nitrogens with zero attached hydrogens (tertiary/aromatic N) is 1. The van der Waals surface area contributed by atoms with Gasteiger partial charge in [0, 0.05) is 35.1 Å². The van der Waals surface area contributed by atoms with Crippen LogP contribution in [0, 0.1) is 0 Å². The molecule has 0 fully saturated rings. The second kappa shape index (κ2) is 6.22. The first-order valence-corrected chi connectivity index (χ1v) is 7.26. The highest BCUT2D eigenvalue weighted by Crippen LogP contribution is 2.28. The number of rotatable bonds is 5. The van der Waals surface area contributed by atoms with Gasteiger partial charge >= 0.3 is 5.97 Å². The number of hydrogen-bond acceptors (Lipinski definition) is 3. The second-order valence-corrected chi connectivity index (χ2v) is 5.37. The zero-order valence-electron chi connectivity index (χ0n) is 11.5. The molecule has 0 saturated heterocycles. The molecule has 0 radical (unpaired) electrons. The van der Waals surface area contributed by atoms with Gasteiger partial charge in [0.05, 0.1) is 18.5 Å². The average molecular weight is 338 g/mol. The van der Waals surface area contributed by atoms with E-state index in [2.05, 4.69) is 15.9 Å². The summed E-state index contributed by atoms with van der Waals surface area (Å²) in [5, 5.41) is 0.899. The normalized spacial score (nSPS) is 10.8. The quantitative estimate of drug-likeness (QED) is 0.620. The summed E-state index contributed by atoms with van der Waals surface area (Å²) in [5.74, 6) is -0.371. The van der Waals surface area contributed by atoms with Crippen LogP contribution in [0.15, 0.2) is 28.9 Å². The molecule has 0 amide bonds. The lowest BCUT2D eigenvalue weighted by Crippen LogP contribution is -2.07. The van der Waals surface area contributed by atoms with Crippen LogP contribution >= 0.6 is 15.9 Å². The van der Waals surface area contributed by atoms with Gasteiger partial charge in [-0.25, -0.2) is 0 Å². The molecular formula is C15H16BrNO3. The minimum absolute atomic E-state index is 0.0400. The highest BCUT2D eigenvalue weighted by Gasteiger charge is 2.16. The molecule has 0 saturated carbocycles. The minimum Gasteiger partial charge on any atom is -0.466 e. The largest absolute Gasteiger partial charge is 0.466 e. The summed E-state index contributed by atoms with van der Waals surface area (Å²) < 4.78 is 7.70. The molecule has 1 heterocycles. The molecule has 1 aromatic carbocycles. The Hall–Kier alpha value is -1.62. The summed E-state index contributed by atoms with van der Waals surface area (Å²) in [5.41, 5.74) is 1.63. The van der Waals surface area contributed by atoms with E-state index in [1.54, 1.807) is 6.92 Å². The molecule has 5 heteroatoms. The van der Waals surface area contributed by atoms with Crippen LogP contribution in [0.25, 0.3) is 10.9 Å². The molecule has 0 atom stereocenters. The van der Waals surface area contributed by atoms with Gasteiger partial charge in [0.1, 0.15) is 0 Å². The number of halogens is 1. The van der Waals surface area contributed by atoms with Crippen molar-refractivity contribution in [2.75, 3.05) is 6.61 Å². The lowest BCUT2D eigenvalue weighted by molar-refractivity contribution is -0.143. The molecule has 2 aromatic rings. The number of fused-ring (bicyclic) bond motifs is 1. The van der Waals surface area contributed by atoms with Gasteiger partial charge in [0.25, 0.3) is 0 Å². The highest BCUT2D eigenvalue weighted by atomic mass is 79.9. The molecule has 0 unspecified atom stereocenters. The van der Waals surface area contributed by atoms with E-state index >= 15 is 0 Å². The van der Waals surface area contributed by atoms with Crippen molar-refractivity contribution >= 4 is 38.6 Å². The Balaban J connectivity index is 2.23. The van der Waals surface area contributed by atoms with Gasteiger partial charge in [0.2, 0.25) is 0 Å². The van der Waals surface area contributed by atoms with Crippen molar-refractivity contribution in [3.63, 3.8) is 0 Å². The number of hydrogen-bond donors (Lipinski definition) is 0. The number of benzene rings is 1. The van der Waals surface area contributed by atoms with Crippen LogP contribution in [0.3, 0.4) is 0 Å². The maximum absolute atomic E-state index is 12.3. The van der Waals surface area contributed by atoms with Crippen molar-refractivity contribution in [2.24, 2.45) is 7.05 Å². The van der Waals surface area contributed by atoms with Crippen LogP contribution in [-0.4, -0.2) is 22.9 Å². The summed E-state index contributed by atoms with van der Waals surface area (Å²) >= 11 is 3.49. The maximum atomic E-state index is 12.3. The number of Topliss-reactive ketones (excluding diaryl/α,β-unsaturated/α-hetero) is 1. The summed E-state index contributed by atoms with van der Waals surface area (Å²) in [4.78, 5) is 23.6. The smallest absolute Gasteiger partial charge is 0.306 e. The highest BCUT2D eigenvalue weighted by molar-refractivity contribution is 9.10. The van der Waals surface area contributed by atoms with E-state index < -0.39 is 0 Å². The van der Waals surface area contributed by atoms with Crippen LogP contribution in [0.1, 0.15) is 30.1 Å². The standard InChI is InChI=1S/C15H16BrNO3/c1-3-20-14(19)8-7-13(18)11-9-17(2)15-10(11)5-4-6-12(15)16/h4-6,9H,3,7-8H2,1-2H3. The maximum Gasteiger partial charge on any atom is 0.306 e. The average Bonchev–Trinajstić information content (AvgIpc) is 2.75. The van der Waals surface area contributed by atoms with Crippen LogP contribution in [0.2, 0.25) is 0 Å². The minimum atomic E-state index is -0.331. The topological polar surface area (TPSA) is 48.3 Å². The third-order valence-corrected chi connectivity index (χ3v) is 3.75. The molecule has 0 bridgehead atoms. The molecule has 0 N–H and O–H groups in total. The Morgan fingerprint density at radius 1 is 1.30 bits per heavy atom. The Bertz CT molecular complexity index is 660. The molecule has 0 spiro atoms. The fourth-order valence-corrected chi connectivity index (χ4v) is 2.87. The number of carbonyl (C=O) groups excluding carboxylic acids is 2. The Morgan fingerprint density at radius 3 is 2.75 bits per heavy atom. The van der Waals surface area contributed by atoms with Gasteiger partial charge in [-0.05, 0) is 28.9 Å². The lowest BCUT2D eigenvalue weighted by Gasteiger charge is -2.01. The third-order valence-electron chi connectivity index (χ3n) is 3.11. The number of ketones is 1. The van der Waals surface area contributed by atoms with Gasteiger partial charge in [-0.3, -0.25) is 9.59 Å². The monoisotopic (exact) mass is 337 g/mol. The van der Waals surface area contributed by atoms with E-state index in [0.29, 0.717) is 12.2 Å². The first kappa shape index (κ1) is 14.8. The van der Waals surface area contributed by atoms with Crippen molar-refractivity contribution in [1.82, 2.24) is 4.57 Å². The predicted molar refractivity (Wildman–Crippen MR) is 80.8 cm³/mol. The fourth-order valence-electron chi connectivity index (χ4n) is 2.22. The zero-order chi connectivity index (χ0) is 14.7. The molecule has 106 valence electrons. The number of aryl methyl sites for hydroxylation is 1. The van der Waals surface area contributed by atoms with Crippen molar-refractivity contribution in [2.45, 2.75) is 19.8 Å².